The minimum absolute atomic E-state index is 0.853. The molecule has 0 atom stereocenters. The molecule has 3 heteroatoms. The molecule has 1 rings (SSSR count). The van der Waals surface area contributed by atoms with Crippen molar-refractivity contribution in [3.63, 3.8) is 0 Å². The number of furan rings is 1. The van der Waals surface area contributed by atoms with Crippen LogP contribution < -0.4 is 5.32 Å². The first-order valence-electron chi connectivity index (χ1n) is 5.32. The Bertz CT molecular complexity index is 280. The number of rotatable bonds is 7. The first-order chi connectivity index (χ1) is 7.26. The van der Waals surface area contributed by atoms with E-state index >= 15 is 0 Å². The monoisotopic (exact) mass is 208 g/mol. The summed E-state index contributed by atoms with van der Waals surface area (Å²) in [5.74, 6) is 1.01. The molecule has 0 unspecified atom stereocenters. The number of likely N-dealkylation sites (N-methyl/N-ethyl adjacent to an activating group) is 2. The van der Waals surface area contributed by atoms with Crippen LogP contribution in [0.3, 0.4) is 0 Å². The van der Waals surface area contributed by atoms with Gasteiger partial charge in [-0.25, -0.2) is 0 Å². The third-order valence-corrected chi connectivity index (χ3v) is 2.28. The molecule has 0 aliphatic carbocycles. The Hall–Kier alpha value is -1.06. The standard InChI is InChI=1S/C12H20N2O/c1-4-14(9-11(2)8-13-3)10-12-6-5-7-15-12/h5-7,13H,2,4,8-10H2,1,3H3. The Morgan fingerprint density at radius 1 is 1.60 bits per heavy atom. The van der Waals surface area contributed by atoms with Gasteiger partial charge in [-0.2, -0.15) is 0 Å². The highest BCUT2D eigenvalue weighted by Gasteiger charge is 2.06. The minimum atomic E-state index is 0.853. The van der Waals surface area contributed by atoms with Crippen LogP contribution in [0.25, 0.3) is 0 Å². The summed E-state index contributed by atoms with van der Waals surface area (Å²) in [4.78, 5) is 2.30. The summed E-state index contributed by atoms with van der Waals surface area (Å²) >= 11 is 0. The largest absolute Gasteiger partial charge is 0.468 e. The van der Waals surface area contributed by atoms with Gasteiger partial charge in [0.1, 0.15) is 5.76 Å². The molecule has 1 N–H and O–H groups in total. The highest BCUT2D eigenvalue weighted by molar-refractivity contribution is 5.02. The summed E-state index contributed by atoms with van der Waals surface area (Å²) in [6.45, 7) is 9.82. The highest BCUT2D eigenvalue weighted by atomic mass is 16.3. The molecule has 1 aromatic rings. The third kappa shape index (κ3) is 4.32. The van der Waals surface area contributed by atoms with Crippen molar-refractivity contribution in [3.8, 4) is 0 Å². The number of nitrogens with one attached hydrogen (secondary N) is 1. The zero-order chi connectivity index (χ0) is 11.1. The van der Waals surface area contributed by atoms with Gasteiger partial charge in [0.25, 0.3) is 0 Å². The van der Waals surface area contributed by atoms with Gasteiger partial charge >= 0.3 is 0 Å². The molecule has 0 radical (unpaired) electrons. The SMILES string of the molecule is C=C(CNC)CN(CC)Cc1ccco1. The first kappa shape index (κ1) is 12.0. The molecule has 1 heterocycles. The molecule has 0 amide bonds. The van der Waals surface area contributed by atoms with E-state index in [4.69, 9.17) is 4.42 Å². The van der Waals surface area contributed by atoms with E-state index in [1.54, 1.807) is 6.26 Å². The zero-order valence-electron chi connectivity index (χ0n) is 9.62. The van der Waals surface area contributed by atoms with Crippen molar-refractivity contribution >= 4 is 0 Å². The number of hydrogen-bond donors (Lipinski definition) is 1. The Morgan fingerprint density at radius 3 is 2.93 bits per heavy atom. The van der Waals surface area contributed by atoms with Gasteiger partial charge in [-0.1, -0.05) is 13.5 Å². The van der Waals surface area contributed by atoms with E-state index < -0.39 is 0 Å². The van der Waals surface area contributed by atoms with Crippen molar-refractivity contribution in [3.05, 3.63) is 36.3 Å². The van der Waals surface area contributed by atoms with Crippen LogP contribution >= 0.6 is 0 Å². The van der Waals surface area contributed by atoms with Gasteiger partial charge < -0.3 is 9.73 Å². The molecular weight excluding hydrogens is 188 g/mol. The molecule has 0 aromatic carbocycles. The Kier molecular flexibility index (Phi) is 5.15. The summed E-state index contributed by atoms with van der Waals surface area (Å²) < 4.78 is 5.32. The maximum atomic E-state index is 5.32. The summed E-state index contributed by atoms with van der Waals surface area (Å²) in [5.41, 5.74) is 1.20. The molecule has 0 saturated heterocycles. The molecule has 84 valence electrons. The van der Waals surface area contributed by atoms with E-state index in [1.807, 2.05) is 19.2 Å². The second-order valence-corrected chi connectivity index (χ2v) is 3.66. The van der Waals surface area contributed by atoms with E-state index in [0.717, 1.165) is 31.9 Å². The van der Waals surface area contributed by atoms with Crippen LogP contribution in [0.15, 0.2) is 35.0 Å². The second-order valence-electron chi connectivity index (χ2n) is 3.66. The van der Waals surface area contributed by atoms with Gasteiger partial charge in [0.2, 0.25) is 0 Å². The van der Waals surface area contributed by atoms with Gasteiger partial charge in [0.15, 0.2) is 0 Å². The van der Waals surface area contributed by atoms with E-state index in [9.17, 15) is 0 Å². The summed E-state index contributed by atoms with van der Waals surface area (Å²) in [6.07, 6.45) is 1.71. The average molecular weight is 208 g/mol. The van der Waals surface area contributed by atoms with Crippen LogP contribution in [-0.4, -0.2) is 31.6 Å². The topological polar surface area (TPSA) is 28.4 Å². The third-order valence-electron chi connectivity index (χ3n) is 2.28. The number of hydrogen-bond acceptors (Lipinski definition) is 3. The van der Waals surface area contributed by atoms with E-state index in [2.05, 4.69) is 23.7 Å². The molecular formula is C12H20N2O. The van der Waals surface area contributed by atoms with Crippen LogP contribution in [0.1, 0.15) is 12.7 Å². The van der Waals surface area contributed by atoms with Crippen LogP contribution in [-0.2, 0) is 6.54 Å². The van der Waals surface area contributed by atoms with Crippen molar-refractivity contribution in [1.29, 1.82) is 0 Å². The van der Waals surface area contributed by atoms with E-state index in [-0.39, 0.29) is 0 Å². The molecule has 1 aromatic heterocycles. The quantitative estimate of drug-likeness (QED) is 0.693. The minimum Gasteiger partial charge on any atom is -0.468 e. The molecule has 15 heavy (non-hydrogen) atoms. The lowest BCUT2D eigenvalue weighted by Gasteiger charge is -2.20. The maximum Gasteiger partial charge on any atom is 0.117 e. The fourth-order valence-electron chi connectivity index (χ4n) is 1.52. The van der Waals surface area contributed by atoms with Crippen molar-refractivity contribution in [1.82, 2.24) is 10.2 Å². The van der Waals surface area contributed by atoms with Gasteiger partial charge in [0.05, 0.1) is 12.8 Å². The van der Waals surface area contributed by atoms with Crippen molar-refractivity contribution in [2.75, 3.05) is 26.7 Å². The summed E-state index contributed by atoms with van der Waals surface area (Å²) in [5, 5.41) is 3.11. The fraction of sp³-hybridized carbons (Fsp3) is 0.500. The molecule has 0 bridgehead atoms. The molecule has 0 fully saturated rings. The van der Waals surface area contributed by atoms with Crippen molar-refractivity contribution in [2.45, 2.75) is 13.5 Å². The summed E-state index contributed by atoms with van der Waals surface area (Å²) in [6, 6.07) is 3.93. The van der Waals surface area contributed by atoms with Crippen molar-refractivity contribution < 1.29 is 4.42 Å². The second kappa shape index (κ2) is 6.43. The first-order valence-corrected chi connectivity index (χ1v) is 5.32. The van der Waals surface area contributed by atoms with Crippen LogP contribution in [0.4, 0.5) is 0 Å². The smallest absolute Gasteiger partial charge is 0.117 e. The lowest BCUT2D eigenvalue weighted by atomic mass is 10.2. The fourth-order valence-corrected chi connectivity index (χ4v) is 1.52. The maximum absolute atomic E-state index is 5.32. The van der Waals surface area contributed by atoms with Crippen LogP contribution in [0, 0.1) is 0 Å². The Balaban J connectivity index is 2.39. The average Bonchev–Trinajstić information content (AvgIpc) is 2.70. The Morgan fingerprint density at radius 2 is 2.40 bits per heavy atom. The predicted octanol–water partition coefficient (Wildman–Crippen LogP) is 1.88. The lowest BCUT2D eigenvalue weighted by Crippen LogP contribution is -2.27. The zero-order valence-corrected chi connectivity index (χ0v) is 9.62. The van der Waals surface area contributed by atoms with E-state index in [1.165, 1.54) is 5.57 Å². The molecule has 0 saturated carbocycles. The lowest BCUT2D eigenvalue weighted by molar-refractivity contribution is 0.274. The highest BCUT2D eigenvalue weighted by Crippen LogP contribution is 2.06. The van der Waals surface area contributed by atoms with E-state index in [0.29, 0.717) is 0 Å². The van der Waals surface area contributed by atoms with Gasteiger partial charge in [0, 0.05) is 13.1 Å². The van der Waals surface area contributed by atoms with Gasteiger partial charge in [-0.05, 0) is 31.3 Å². The number of nitrogens with zero attached hydrogens (tertiary/aromatic N) is 1. The van der Waals surface area contributed by atoms with Gasteiger partial charge in [-0.3, -0.25) is 4.90 Å². The van der Waals surface area contributed by atoms with Crippen LogP contribution in [0.5, 0.6) is 0 Å². The molecule has 0 aliphatic rings. The molecule has 0 spiro atoms. The molecule has 3 nitrogen and oxygen atoms in total. The Labute approximate surface area is 91.8 Å². The van der Waals surface area contributed by atoms with Crippen molar-refractivity contribution in [2.24, 2.45) is 0 Å². The normalized spacial score (nSPS) is 10.9. The van der Waals surface area contributed by atoms with Crippen LogP contribution in [0.2, 0.25) is 0 Å². The predicted molar refractivity (Wildman–Crippen MR) is 62.7 cm³/mol. The summed E-state index contributed by atoms with van der Waals surface area (Å²) in [7, 11) is 1.94. The van der Waals surface area contributed by atoms with Gasteiger partial charge in [-0.15, -0.1) is 0 Å². The molecule has 0 aliphatic heterocycles.